The van der Waals surface area contributed by atoms with Gasteiger partial charge in [0.15, 0.2) is 0 Å². The van der Waals surface area contributed by atoms with Gasteiger partial charge in [0.2, 0.25) is 0 Å². The Bertz CT molecular complexity index is 313. The highest BCUT2D eigenvalue weighted by atomic mass is 35.5. The molecule has 0 aliphatic carbocycles. The van der Waals surface area contributed by atoms with E-state index < -0.39 is 0 Å². The number of aryl methyl sites for hydroxylation is 1. The number of hydrogen-bond acceptors (Lipinski definition) is 2. The van der Waals surface area contributed by atoms with Gasteiger partial charge in [-0.25, -0.2) is 0 Å². The van der Waals surface area contributed by atoms with Gasteiger partial charge < -0.3 is 10.5 Å². The second-order valence-corrected chi connectivity index (χ2v) is 3.54. The Balaban J connectivity index is 0.00000169. The summed E-state index contributed by atoms with van der Waals surface area (Å²) in [5.74, 6) is 0.800. The molecule has 14 heavy (non-hydrogen) atoms. The third-order valence-corrected chi connectivity index (χ3v) is 2.33. The summed E-state index contributed by atoms with van der Waals surface area (Å²) in [4.78, 5) is 0. The predicted octanol–water partition coefficient (Wildman–Crippen LogP) is 3.10. The van der Waals surface area contributed by atoms with Crippen molar-refractivity contribution >= 4 is 24.0 Å². The summed E-state index contributed by atoms with van der Waals surface area (Å²) in [6.45, 7) is 3.88. The molecule has 1 rings (SSSR count). The highest BCUT2D eigenvalue weighted by Crippen LogP contribution is 2.29. The van der Waals surface area contributed by atoms with Crippen LogP contribution in [0.15, 0.2) is 12.1 Å². The highest BCUT2D eigenvalue weighted by molar-refractivity contribution is 6.31. The fourth-order valence-electron chi connectivity index (χ4n) is 1.25. The van der Waals surface area contributed by atoms with E-state index in [0.717, 1.165) is 16.9 Å². The zero-order valence-corrected chi connectivity index (χ0v) is 10.1. The van der Waals surface area contributed by atoms with Crippen molar-refractivity contribution in [3.05, 3.63) is 28.3 Å². The normalized spacial score (nSPS) is 11.8. The number of benzene rings is 1. The van der Waals surface area contributed by atoms with Crippen LogP contribution in [0.1, 0.15) is 24.1 Å². The number of hydrogen-bond donors (Lipinski definition) is 1. The average Bonchev–Trinajstić information content (AvgIpc) is 2.07. The topological polar surface area (TPSA) is 35.2 Å². The molecule has 0 aliphatic heterocycles. The molecule has 0 saturated carbocycles. The predicted molar refractivity (Wildman–Crippen MR) is 62.6 cm³/mol. The molecule has 0 spiro atoms. The SMILES string of the molecule is COc1cc(Cl)c([C@@H](C)N)cc1C.Cl. The van der Waals surface area contributed by atoms with Gasteiger partial charge in [0.05, 0.1) is 7.11 Å². The third-order valence-electron chi connectivity index (χ3n) is 2.00. The second-order valence-electron chi connectivity index (χ2n) is 3.13. The zero-order valence-electron chi connectivity index (χ0n) is 8.50. The van der Waals surface area contributed by atoms with Crippen LogP contribution < -0.4 is 10.5 Å². The van der Waals surface area contributed by atoms with Crippen LogP contribution in [0.5, 0.6) is 5.75 Å². The van der Waals surface area contributed by atoms with Crippen molar-refractivity contribution in [2.24, 2.45) is 5.73 Å². The maximum Gasteiger partial charge on any atom is 0.123 e. The average molecular weight is 236 g/mol. The minimum Gasteiger partial charge on any atom is -0.496 e. The summed E-state index contributed by atoms with van der Waals surface area (Å²) < 4.78 is 5.14. The largest absolute Gasteiger partial charge is 0.496 e. The molecule has 1 aromatic carbocycles. The maximum atomic E-state index is 6.02. The van der Waals surface area contributed by atoms with Gasteiger partial charge in [-0.05, 0) is 37.1 Å². The van der Waals surface area contributed by atoms with Crippen molar-refractivity contribution in [3.63, 3.8) is 0 Å². The van der Waals surface area contributed by atoms with Crippen LogP contribution in [0, 0.1) is 6.92 Å². The summed E-state index contributed by atoms with van der Waals surface area (Å²) in [5.41, 5.74) is 7.76. The fourth-order valence-corrected chi connectivity index (χ4v) is 1.58. The molecule has 0 aromatic heterocycles. The first-order valence-electron chi connectivity index (χ1n) is 4.16. The van der Waals surface area contributed by atoms with Crippen LogP contribution in [0.25, 0.3) is 0 Å². The van der Waals surface area contributed by atoms with Gasteiger partial charge in [0.25, 0.3) is 0 Å². The standard InChI is InChI=1S/C10H14ClNO.ClH/c1-6-4-8(7(2)12)9(11)5-10(6)13-3;/h4-5,7H,12H2,1-3H3;1H/t7-;/m1./s1. The fraction of sp³-hybridized carbons (Fsp3) is 0.400. The molecule has 0 unspecified atom stereocenters. The highest BCUT2D eigenvalue weighted by Gasteiger charge is 2.08. The molecule has 1 aromatic rings. The molecular formula is C10H15Cl2NO. The smallest absolute Gasteiger partial charge is 0.123 e. The number of halogens is 2. The minimum absolute atomic E-state index is 0. The lowest BCUT2D eigenvalue weighted by Gasteiger charge is -2.12. The van der Waals surface area contributed by atoms with Gasteiger partial charge in [-0.3, -0.25) is 0 Å². The van der Waals surface area contributed by atoms with E-state index in [9.17, 15) is 0 Å². The van der Waals surface area contributed by atoms with Crippen molar-refractivity contribution < 1.29 is 4.74 Å². The van der Waals surface area contributed by atoms with Gasteiger partial charge >= 0.3 is 0 Å². The molecular weight excluding hydrogens is 221 g/mol. The van der Waals surface area contributed by atoms with Crippen molar-refractivity contribution in [1.29, 1.82) is 0 Å². The summed E-state index contributed by atoms with van der Waals surface area (Å²) in [6, 6.07) is 3.72. The Morgan fingerprint density at radius 3 is 2.43 bits per heavy atom. The Hall–Kier alpha value is -0.440. The lowest BCUT2D eigenvalue weighted by Crippen LogP contribution is -2.06. The van der Waals surface area contributed by atoms with Crippen LogP contribution in [-0.2, 0) is 0 Å². The lowest BCUT2D eigenvalue weighted by atomic mass is 10.1. The first-order valence-corrected chi connectivity index (χ1v) is 4.53. The Morgan fingerprint density at radius 1 is 1.43 bits per heavy atom. The van der Waals surface area contributed by atoms with Crippen LogP contribution in [0.2, 0.25) is 5.02 Å². The van der Waals surface area contributed by atoms with E-state index in [2.05, 4.69) is 0 Å². The van der Waals surface area contributed by atoms with E-state index in [4.69, 9.17) is 22.1 Å². The van der Waals surface area contributed by atoms with Crippen molar-refractivity contribution in [1.82, 2.24) is 0 Å². The molecule has 1 atom stereocenters. The van der Waals surface area contributed by atoms with E-state index in [1.54, 1.807) is 13.2 Å². The van der Waals surface area contributed by atoms with E-state index in [1.807, 2.05) is 19.9 Å². The summed E-state index contributed by atoms with van der Waals surface area (Å²) in [7, 11) is 1.63. The Kier molecular flexibility index (Phi) is 5.27. The lowest BCUT2D eigenvalue weighted by molar-refractivity contribution is 0.411. The Morgan fingerprint density at radius 2 is 2.00 bits per heavy atom. The second kappa shape index (κ2) is 5.44. The van der Waals surface area contributed by atoms with E-state index in [1.165, 1.54) is 0 Å². The molecule has 2 N–H and O–H groups in total. The molecule has 0 aliphatic rings. The molecule has 0 heterocycles. The Labute approximate surface area is 95.8 Å². The molecule has 0 radical (unpaired) electrons. The maximum absolute atomic E-state index is 6.02. The molecule has 0 amide bonds. The quantitative estimate of drug-likeness (QED) is 0.856. The van der Waals surface area contributed by atoms with E-state index in [-0.39, 0.29) is 18.4 Å². The molecule has 4 heteroatoms. The molecule has 80 valence electrons. The molecule has 0 fully saturated rings. The van der Waals surface area contributed by atoms with Crippen LogP contribution in [0.3, 0.4) is 0 Å². The van der Waals surface area contributed by atoms with E-state index in [0.29, 0.717) is 5.02 Å². The molecule has 2 nitrogen and oxygen atoms in total. The van der Waals surface area contributed by atoms with Crippen molar-refractivity contribution in [2.45, 2.75) is 19.9 Å². The van der Waals surface area contributed by atoms with Crippen LogP contribution >= 0.6 is 24.0 Å². The summed E-state index contributed by atoms with van der Waals surface area (Å²) in [5, 5.41) is 0.664. The van der Waals surface area contributed by atoms with Crippen LogP contribution in [0.4, 0.5) is 0 Å². The van der Waals surface area contributed by atoms with Gasteiger partial charge in [-0.1, -0.05) is 11.6 Å². The number of ether oxygens (including phenoxy) is 1. The van der Waals surface area contributed by atoms with Gasteiger partial charge in [-0.15, -0.1) is 12.4 Å². The minimum atomic E-state index is -0.0443. The van der Waals surface area contributed by atoms with E-state index >= 15 is 0 Å². The summed E-state index contributed by atoms with van der Waals surface area (Å²) in [6.07, 6.45) is 0. The molecule has 0 bridgehead atoms. The van der Waals surface area contributed by atoms with Crippen molar-refractivity contribution in [3.8, 4) is 5.75 Å². The first kappa shape index (κ1) is 13.6. The summed E-state index contributed by atoms with van der Waals surface area (Å²) >= 11 is 6.02. The monoisotopic (exact) mass is 235 g/mol. The van der Waals surface area contributed by atoms with Gasteiger partial charge in [-0.2, -0.15) is 0 Å². The van der Waals surface area contributed by atoms with Gasteiger partial charge in [0.1, 0.15) is 5.75 Å². The number of rotatable bonds is 2. The third kappa shape index (κ3) is 2.77. The first-order chi connectivity index (χ1) is 6.06. The molecule has 0 saturated heterocycles. The number of methoxy groups -OCH3 is 1. The van der Waals surface area contributed by atoms with Crippen molar-refractivity contribution in [2.75, 3.05) is 7.11 Å². The van der Waals surface area contributed by atoms with Gasteiger partial charge in [0, 0.05) is 11.1 Å². The zero-order chi connectivity index (χ0) is 10.0. The van der Waals surface area contributed by atoms with Crippen LogP contribution in [-0.4, -0.2) is 7.11 Å². The number of nitrogens with two attached hydrogens (primary N) is 1.